The molecule has 200 valence electrons. The van der Waals surface area contributed by atoms with Crippen LogP contribution in [0.25, 0.3) is 0 Å². The van der Waals surface area contributed by atoms with Crippen molar-refractivity contribution in [3.63, 3.8) is 0 Å². The summed E-state index contributed by atoms with van der Waals surface area (Å²) in [5.41, 5.74) is 12.1. The first-order valence-corrected chi connectivity index (χ1v) is 12.6. The molecular formula is C25H36N8O4. The molecule has 2 aliphatic rings. The Morgan fingerprint density at radius 1 is 1.19 bits per heavy atom. The highest BCUT2D eigenvalue weighted by Crippen LogP contribution is 2.37. The zero-order chi connectivity index (χ0) is 26.7. The van der Waals surface area contributed by atoms with Gasteiger partial charge in [0.2, 0.25) is 11.8 Å². The van der Waals surface area contributed by atoms with E-state index in [-0.39, 0.29) is 46.7 Å². The van der Waals surface area contributed by atoms with Crippen LogP contribution in [-0.4, -0.2) is 70.2 Å². The molecule has 1 aliphatic carbocycles. The van der Waals surface area contributed by atoms with Gasteiger partial charge in [0, 0.05) is 37.4 Å². The van der Waals surface area contributed by atoms with Gasteiger partial charge in [-0.2, -0.15) is 15.0 Å². The Morgan fingerprint density at radius 2 is 1.89 bits per heavy atom. The summed E-state index contributed by atoms with van der Waals surface area (Å²) < 4.78 is 11.0. The van der Waals surface area contributed by atoms with E-state index in [1.54, 1.807) is 13.2 Å². The van der Waals surface area contributed by atoms with Crippen molar-refractivity contribution >= 4 is 23.5 Å². The fourth-order valence-corrected chi connectivity index (χ4v) is 5.29. The van der Waals surface area contributed by atoms with E-state index in [0.717, 1.165) is 31.4 Å². The Kier molecular flexibility index (Phi) is 7.76. The molecule has 0 bridgehead atoms. The summed E-state index contributed by atoms with van der Waals surface area (Å²) in [5, 5.41) is 3.08. The Labute approximate surface area is 216 Å². The van der Waals surface area contributed by atoms with Crippen molar-refractivity contribution in [1.82, 2.24) is 25.3 Å². The van der Waals surface area contributed by atoms with Gasteiger partial charge in [0.1, 0.15) is 6.10 Å². The first-order valence-electron chi connectivity index (χ1n) is 12.6. The van der Waals surface area contributed by atoms with Crippen LogP contribution in [0.15, 0.2) is 12.1 Å². The van der Waals surface area contributed by atoms with Gasteiger partial charge in [-0.1, -0.05) is 6.92 Å². The fourth-order valence-electron chi connectivity index (χ4n) is 5.29. The molecule has 0 spiro atoms. The number of anilines is 2. The van der Waals surface area contributed by atoms with Crippen LogP contribution in [0, 0.1) is 5.92 Å². The molecule has 1 saturated carbocycles. The average Bonchev–Trinajstić information content (AvgIpc) is 2.83. The van der Waals surface area contributed by atoms with E-state index in [1.165, 1.54) is 0 Å². The Bertz CT molecular complexity index is 1150. The largest absolute Gasteiger partial charge is 0.458 e. The molecule has 2 fully saturated rings. The number of methoxy groups -OCH3 is 1. The van der Waals surface area contributed by atoms with Crippen LogP contribution < -0.4 is 26.4 Å². The standard InChI is InChI=1S/C25H36N8O4/c1-14-11-25(3,12-14)32-22(35)21-29-23(31-24(30-21)37-15(2)13-36-4)33-9-7-16(8-10-33)18-6-5-17(26)19(28-18)20(27)34/h5-6,14-16H,7-13,26H2,1-4H3,(H2,27,34)(H,32,35)/t14?,15-,25?/m1/s1. The number of piperidine rings is 1. The van der Waals surface area contributed by atoms with E-state index >= 15 is 0 Å². The lowest BCUT2D eigenvalue weighted by atomic mass is 9.70. The number of nitrogens with zero attached hydrogens (tertiary/aromatic N) is 5. The molecule has 0 unspecified atom stereocenters. The molecule has 3 heterocycles. The first-order chi connectivity index (χ1) is 17.6. The minimum absolute atomic E-state index is 0.0267. The van der Waals surface area contributed by atoms with E-state index in [4.69, 9.17) is 20.9 Å². The number of nitrogens with one attached hydrogen (secondary N) is 1. The van der Waals surface area contributed by atoms with Gasteiger partial charge in [-0.3, -0.25) is 9.59 Å². The average molecular weight is 513 g/mol. The van der Waals surface area contributed by atoms with E-state index < -0.39 is 5.91 Å². The monoisotopic (exact) mass is 512 g/mol. The maximum Gasteiger partial charge on any atom is 0.322 e. The van der Waals surface area contributed by atoms with Crippen LogP contribution in [0.2, 0.25) is 0 Å². The van der Waals surface area contributed by atoms with E-state index in [1.807, 2.05) is 24.8 Å². The van der Waals surface area contributed by atoms with Gasteiger partial charge < -0.3 is 31.2 Å². The molecule has 2 aromatic heterocycles. The van der Waals surface area contributed by atoms with Crippen molar-refractivity contribution in [2.75, 3.05) is 37.4 Å². The van der Waals surface area contributed by atoms with Gasteiger partial charge in [0.25, 0.3) is 11.8 Å². The second-order valence-corrected chi connectivity index (χ2v) is 10.5. The first kappa shape index (κ1) is 26.5. The number of amides is 2. The van der Waals surface area contributed by atoms with Crippen LogP contribution in [-0.2, 0) is 4.74 Å². The van der Waals surface area contributed by atoms with Crippen molar-refractivity contribution in [2.24, 2.45) is 11.7 Å². The van der Waals surface area contributed by atoms with Gasteiger partial charge in [-0.25, -0.2) is 4.98 Å². The third kappa shape index (κ3) is 6.24. The molecule has 37 heavy (non-hydrogen) atoms. The van der Waals surface area contributed by atoms with Crippen molar-refractivity contribution in [1.29, 1.82) is 0 Å². The number of primary amides is 1. The zero-order valence-corrected chi connectivity index (χ0v) is 21.9. The zero-order valence-electron chi connectivity index (χ0n) is 21.9. The normalized spacial score (nSPS) is 22.7. The van der Waals surface area contributed by atoms with Crippen LogP contribution >= 0.6 is 0 Å². The molecule has 2 aromatic rings. The second kappa shape index (κ2) is 10.8. The van der Waals surface area contributed by atoms with Crippen LogP contribution in [0.4, 0.5) is 11.6 Å². The minimum atomic E-state index is -0.645. The third-order valence-corrected chi connectivity index (χ3v) is 6.90. The third-order valence-electron chi connectivity index (χ3n) is 6.90. The quantitative estimate of drug-likeness (QED) is 0.449. The topological polar surface area (TPSA) is 171 Å². The summed E-state index contributed by atoms with van der Waals surface area (Å²) in [4.78, 5) is 44.5. The summed E-state index contributed by atoms with van der Waals surface area (Å²) in [6.07, 6.45) is 3.01. The summed E-state index contributed by atoms with van der Waals surface area (Å²) >= 11 is 0. The van der Waals surface area contributed by atoms with Gasteiger partial charge in [0.05, 0.1) is 12.3 Å². The number of hydrogen-bond donors (Lipinski definition) is 3. The smallest absolute Gasteiger partial charge is 0.322 e. The van der Waals surface area contributed by atoms with Gasteiger partial charge in [-0.05, 0) is 57.6 Å². The predicted octanol–water partition coefficient (Wildman–Crippen LogP) is 1.66. The number of hydrogen-bond acceptors (Lipinski definition) is 10. The number of pyridine rings is 1. The van der Waals surface area contributed by atoms with Crippen LogP contribution in [0.3, 0.4) is 0 Å². The molecule has 4 rings (SSSR count). The molecule has 2 amide bonds. The lowest BCUT2D eigenvalue weighted by Gasteiger charge is -2.44. The molecule has 1 atom stereocenters. The fraction of sp³-hybridized carbons (Fsp3) is 0.600. The number of aromatic nitrogens is 4. The van der Waals surface area contributed by atoms with Gasteiger partial charge in [-0.15, -0.1) is 0 Å². The lowest BCUT2D eigenvalue weighted by Crippen LogP contribution is -2.54. The van der Waals surface area contributed by atoms with E-state index in [2.05, 4.69) is 32.2 Å². The lowest BCUT2D eigenvalue weighted by molar-refractivity contribution is 0.0746. The molecule has 12 heteroatoms. The van der Waals surface area contributed by atoms with Crippen LogP contribution in [0.1, 0.15) is 79.2 Å². The van der Waals surface area contributed by atoms with Crippen molar-refractivity contribution in [3.05, 3.63) is 29.3 Å². The van der Waals surface area contributed by atoms with Gasteiger partial charge in [0.15, 0.2) is 5.69 Å². The molecular weight excluding hydrogens is 476 g/mol. The summed E-state index contributed by atoms with van der Waals surface area (Å²) in [6.45, 7) is 7.63. The number of carbonyl (C=O) groups is 2. The number of nitrogen functional groups attached to an aromatic ring is 1. The second-order valence-electron chi connectivity index (χ2n) is 10.5. The Morgan fingerprint density at radius 3 is 2.51 bits per heavy atom. The van der Waals surface area contributed by atoms with E-state index in [9.17, 15) is 9.59 Å². The SMILES string of the molecule is COC[C@@H](C)Oc1nc(C(=O)NC2(C)CC(C)C2)nc(N2CCC(c3ccc(N)c(C(N)=O)n3)CC2)n1. The highest BCUT2D eigenvalue weighted by Gasteiger charge is 2.39. The molecule has 1 saturated heterocycles. The van der Waals surface area contributed by atoms with Crippen molar-refractivity contribution in [3.8, 4) is 6.01 Å². The number of ether oxygens (including phenoxy) is 2. The minimum Gasteiger partial charge on any atom is -0.458 e. The summed E-state index contributed by atoms with van der Waals surface area (Å²) in [6, 6.07) is 3.58. The Balaban J connectivity index is 1.51. The predicted molar refractivity (Wildman–Crippen MR) is 137 cm³/mol. The molecule has 12 nitrogen and oxygen atoms in total. The highest BCUT2D eigenvalue weighted by molar-refractivity contribution is 5.95. The van der Waals surface area contributed by atoms with Crippen LogP contribution in [0.5, 0.6) is 6.01 Å². The maximum atomic E-state index is 13.1. The van der Waals surface area contributed by atoms with Crippen molar-refractivity contribution < 1.29 is 19.1 Å². The van der Waals surface area contributed by atoms with E-state index in [0.29, 0.717) is 31.6 Å². The highest BCUT2D eigenvalue weighted by atomic mass is 16.5. The summed E-state index contributed by atoms with van der Waals surface area (Å²) in [5.74, 6) is 0.115. The molecule has 0 radical (unpaired) electrons. The maximum absolute atomic E-state index is 13.1. The molecule has 1 aliphatic heterocycles. The number of rotatable bonds is 9. The number of carbonyl (C=O) groups excluding carboxylic acids is 2. The molecule has 5 N–H and O–H groups in total. The molecule has 0 aromatic carbocycles. The van der Waals surface area contributed by atoms with Crippen molar-refractivity contribution in [2.45, 2.75) is 64.0 Å². The van der Waals surface area contributed by atoms with Gasteiger partial charge >= 0.3 is 6.01 Å². The number of nitrogens with two attached hydrogens (primary N) is 2. The Hall–Kier alpha value is -3.54. The summed E-state index contributed by atoms with van der Waals surface area (Å²) in [7, 11) is 1.59.